The summed E-state index contributed by atoms with van der Waals surface area (Å²) in [6.07, 6.45) is -4.49. The third-order valence-corrected chi connectivity index (χ3v) is 6.31. The molecular formula is C17H14F3N3O2S. The molecule has 0 amide bonds. The second-order valence-electron chi connectivity index (χ2n) is 6.18. The lowest BCUT2D eigenvalue weighted by atomic mass is 10.0. The van der Waals surface area contributed by atoms with Crippen molar-refractivity contribution in [1.29, 1.82) is 0 Å². The Morgan fingerprint density at radius 3 is 2.31 bits per heavy atom. The van der Waals surface area contributed by atoms with E-state index in [0.717, 1.165) is 35.3 Å². The zero-order valence-corrected chi connectivity index (χ0v) is 14.2. The van der Waals surface area contributed by atoms with E-state index in [2.05, 4.69) is 9.97 Å². The van der Waals surface area contributed by atoms with Crippen LogP contribution in [0.1, 0.15) is 17.3 Å². The van der Waals surface area contributed by atoms with Crippen LogP contribution < -0.4 is 0 Å². The van der Waals surface area contributed by atoms with Gasteiger partial charge in [0.2, 0.25) is 10.0 Å². The average molecular weight is 381 g/mol. The summed E-state index contributed by atoms with van der Waals surface area (Å²) < 4.78 is 64.1. The predicted octanol–water partition coefficient (Wildman–Crippen LogP) is 3.37. The highest BCUT2D eigenvalue weighted by Crippen LogP contribution is 2.33. The van der Waals surface area contributed by atoms with Gasteiger partial charge < -0.3 is 4.98 Å². The normalized spacial score (nSPS) is 16.7. The lowest BCUT2D eigenvalue weighted by Crippen LogP contribution is -2.48. The Balaban J connectivity index is 1.50. The van der Waals surface area contributed by atoms with Crippen LogP contribution in [0.25, 0.3) is 11.0 Å². The smallest absolute Gasteiger partial charge is 0.342 e. The number of rotatable bonds is 3. The molecule has 0 radical (unpaired) electrons. The van der Waals surface area contributed by atoms with Gasteiger partial charge in [0.1, 0.15) is 5.82 Å². The number of aromatic nitrogens is 2. The number of imidazole rings is 1. The van der Waals surface area contributed by atoms with Gasteiger partial charge in [-0.2, -0.15) is 17.5 Å². The molecule has 9 heteroatoms. The summed E-state index contributed by atoms with van der Waals surface area (Å²) in [5.74, 6) is 0.650. The predicted molar refractivity (Wildman–Crippen MR) is 89.0 cm³/mol. The Kier molecular flexibility index (Phi) is 3.81. The Labute approximate surface area is 147 Å². The minimum atomic E-state index is -4.49. The topological polar surface area (TPSA) is 66.1 Å². The number of hydrogen-bond acceptors (Lipinski definition) is 3. The molecule has 0 bridgehead atoms. The molecule has 26 heavy (non-hydrogen) atoms. The molecule has 4 rings (SSSR count). The van der Waals surface area contributed by atoms with E-state index in [1.54, 1.807) is 0 Å². The van der Waals surface area contributed by atoms with Crippen LogP contribution >= 0.6 is 0 Å². The molecule has 3 aromatic rings. The summed E-state index contributed by atoms with van der Waals surface area (Å²) >= 11 is 0. The first-order valence-corrected chi connectivity index (χ1v) is 9.31. The van der Waals surface area contributed by atoms with Crippen molar-refractivity contribution < 1.29 is 21.6 Å². The molecule has 1 aliphatic heterocycles. The number of fused-ring (bicyclic) bond motifs is 1. The molecule has 1 fully saturated rings. The number of alkyl halides is 3. The maximum Gasteiger partial charge on any atom is 0.416 e. The number of H-pyrrole nitrogens is 1. The quantitative estimate of drug-likeness (QED) is 0.757. The SMILES string of the molecule is O=S(=O)(c1ccc(C(F)(F)F)cc1)N1CC(c2nc3ccccc3[nH]2)C1. The van der Waals surface area contributed by atoms with E-state index in [4.69, 9.17) is 0 Å². The van der Waals surface area contributed by atoms with Crippen molar-refractivity contribution in [3.05, 3.63) is 59.9 Å². The largest absolute Gasteiger partial charge is 0.416 e. The fourth-order valence-electron chi connectivity index (χ4n) is 2.94. The van der Waals surface area contributed by atoms with Gasteiger partial charge in [-0.1, -0.05) is 12.1 Å². The molecule has 0 unspecified atom stereocenters. The summed E-state index contributed by atoms with van der Waals surface area (Å²) in [6.45, 7) is 0.479. The van der Waals surface area contributed by atoms with Gasteiger partial charge >= 0.3 is 6.18 Å². The molecule has 1 N–H and O–H groups in total. The Morgan fingerprint density at radius 2 is 1.69 bits per heavy atom. The third kappa shape index (κ3) is 2.86. The maximum atomic E-state index is 12.6. The van der Waals surface area contributed by atoms with Crippen molar-refractivity contribution in [3.8, 4) is 0 Å². The van der Waals surface area contributed by atoms with E-state index in [9.17, 15) is 21.6 Å². The molecule has 0 atom stereocenters. The van der Waals surface area contributed by atoms with Crippen molar-refractivity contribution >= 4 is 21.1 Å². The van der Waals surface area contributed by atoms with E-state index in [-0.39, 0.29) is 23.9 Å². The van der Waals surface area contributed by atoms with Crippen molar-refractivity contribution in [2.45, 2.75) is 17.0 Å². The van der Waals surface area contributed by atoms with Crippen molar-refractivity contribution in [3.63, 3.8) is 0 Å². The molecule has 5 nitrogen and oxygen atoms in total. The molecule has 0 spiro atoms. The molecule has 2 heterocycles. The number of halogens is 3. The van der Waals surface area contributed by atoms with Crippen LogP contribution in [0.15, 0.2) is 53.4 Å². The van der Waals surface area contributed by atoms with Crippen LogP contribution in [0, 0.1) is 0 Å². The number of hydrogen-bond donors (Lipinski definition) is 1. The van der Waals surface area contributed by atoms with Gasteiger partial charge in [0.05, 0.1) is 21.5 Å². The molecule has 1 aromatic heterocycles. The molecule has 136 valence electrons. The fourth-order valence-corrected chi connectivity index (χ4v) is 4.47. The number of para-hydroxylation sites is 2. The first-order chi connectivity index (χ1) is 12.2. The summed E-state index contributed by atoms with van der Waals surface area (Å²) in [7, 11) is -3.81. The second kappa shape index (κ2) is 5.82. The number of sulfonamides is 1. The van der Waals surface area contributed by atoms with Crippen molar-refractivity contribution in [1.82, 2.24) is 14.3 Å². The second-order valence-corrected chi connectivity index (χ2v) is 8.12. The number of nitrogens with one attached hydrogen (secondary N) is 1. The average Bonchev–Trinajstić information content (AvgIpc) is 2.96. The van der Waals surface area contributed by atoms with Crippen molar-refractivity contribution in [2.24, 2.45) is 0 Å². The van der Waals surface area contributed by atoms with E-state index < -0.39 is 21.8 Å². The standard InChI is InChI=1S/C17H14F3N3O2S/c18-17(19,20)12-5-7-13(8-6-12)26(24,25)23-9-11(10-23)16-21-14-3-1-2-4-15(14)22-16/h1-8,11H,9-10H2,(H,21,22). The maximum absolute atomic E-state index is 12.6. The molecule has 2 aromatic carbocycles. The highest BCUT2D eigenvalue weighted by molar-refractivity contribution is 7.89. The van der Waals surface area contributed by atoms with Crippen molar-refractivity contribution in [2.75, 3.05) is 13.1 Å². The minimum absolute atomic E-state index is 0.0633. The van der Waals surface area contributed by atoms with Crippen LogP contribution in [-0.2, 0) is 16.2 Å². The van der Waals surface area contributed by atoms with Gasteiger partial charge in [0, 0.05) is 19.0 Å². The molecule has 0 aliphatic carbocycles. The van der Waals surface area contributed by atoms with Crippen LogP contribution in [-0.4, -0.2) is 35.8 Å². The van der Waals surface area contributed by atoms with Crippen LogP contribution in [0.3, 0.4) is 0 Å². The zero-order chi connectivity index (χ0) is 18.5. The van der Waals surface area contributed by atoms with Gasteiger partial charge in [-0.3, -0.25) is 0 Å². The summed E-state index contributed by atoms with van der Waals surface area (Å²) in [5.41, 5.74) is 0.818. The third-order valence-electron chi connectivity index (χ3n) is 4.46. The molecule has 1 saturated heterocycles. The number of aromatic amines is 1. The molecule has 0 saturated carbocycles. The van der Waals surface area contributed by atoms with Gasteiger partial charge in [-0.05, 0) is 36.4 Å². The lowest BCUT2D eigenvalue weighted by Gasteiger charge is -2.36. The van der Waals surface area contributed by atoms with E-state index in [0.29, 0.717) is 5.82 Å². The van der Waals surface area contributed by atoms with Gasteiger partial charge in [0.25, 0.3) is 0 Å². The van der Waals surface area contributed by atoms with Crippen LogP contribution in [0.4, 0.5) is 13.2 Å². The first kappa shape index (κ1) is 17.0. The van der Waals surface area contributed by atoms with E-state index >= 15 is 0 Å². The minimum Gasteiger partial charge on any atom is -0.342 e. The summed E-state index contributed by atoms with van der Waals surface area (Å²) in [4.78, 5) is 7.49. The lowest BCUT2D eigenvalue weighted by molar-refractivity contribution is -0.137. The zero-order valence-electron chi connectivity index (χ0n) is 13.4. The fraction of sp³-hybridized carbons (Fsp3) is 0.235. The monoisotopic (exact) mass is 381 g/mol. The first-order valence-electron chi connectivity index (χ1n) is 7.87. The summed E-state index contributed by atoms with van der Waals surface area (Å²) in [6, 6.07) is 11.1. The number of nitrogens with zero attached hydrogens (tertiary/aromatic N) is 2. The van der Waals surface area contributed by atoms with E-state index in [1.165, 1.54) is 4.31 Å². The molecule has 1 aliphatic rings. The van der Waals surface area contributed by atoms with Crippen LogP contribution in [0.2, 0.25) is 0 Å². The highest BCUT2D eigenvalue weighted by atomic mass is 32.2. The van der Waals surface area contributed by atoms with Crippen LogP contribution in [0.5, 0.6) is 0 Å². The Hall–Kier alpha value is -2.39. The summed E-state index contributed by atoms with van der Waals surface area (Å²) in [5, 5.41) is 0. The molecular weight excluding hydrogens is 367 g/mol. The van der Waals surface area contributed by atoms with E-state index in [1.807, 2.05) is 24.3 Å². The van der Waals surface area contributed by atoms with Gasteiger partial charge in [0.15, 0.2) is 0 Å². The number of benzene rings is 2. The van der Waals surface area contributed by atoms with Gasteiger partial charge in [-0.15, -0.1) is 0 Å². The Bertz CT molecular complexity index is 1020. The highest BCUT2D eigenvalue weighted by Gasteiger charge is 2.39. The Morgan fingerprint density at radius 1 is 1.04 bits per heavy atom. The van der Waals surface area contributed by atoms with Gasteiger partial charge in [-0.25, -0.2) is 13.4 Å².